The molecule has 2 aromatic rings. The minimum Gasteiger partial charge on any atom is -0.441 e. The van der Waals surface area contributed by atoms with Gasteiger partial charge in [0.05, 0.1) is 11.6 Å². The van der Waals surface area contributed by atoms with E-state index in [1.807, 2.05) is 43.0 Å². The Labute approximate surface area is 171 Å². The molecule has 6 heteroatoms. The largest absolute Gasteiger partial charge is 0.441 e. The van der Waals surface area contributed by atoms with Crippen molar-refractivity contribution in [2.24, 2.45) is 0 Å². The first kappa shape index (κ1) is 19.3. The van der Waals surface area contributed by atoms with E-state index in [-0.39, 0.29) is 24.0 Å². The number of amides is 1. The van der Waals surface area contributed by atoms with Crippen LogP contribution >= 0.6 is 0 Å². The molecule has 1 aliphatic carbocycles. The highest BCUT2D eigenvalue weighted by atomic mass is 16.6. The van der Waals surface area contributed by atoms with Gasteiger partial charge in [-0.3, -0.25) is 4.90 Å². The summed E-state index contributed by atoms with van der Waals surface area (Å²) in [5.41, 5.74) is 7.77. The van der Waals surface area contributed by atoms with E-state index in [9.17, 15) is 10.1 Å². The zero-order chi connectivity index (χ0) is 20.6. The van der Waals surface area contributed by atoms with Crippen molar-refractivity contribution in [1.82, 2.24) is 9.88 Å². The van der Waals surface area contributed by atoms with Gasteiger partial charge in [0.2, 0.25) is 0 Å². The van der Waals surface area contributed by atoms with E-state index in [0.29, 0.717) is 11.5 Å². The molecule has 1 atom stereocenters. The second-order valence-electron chi connectivity index (χ2n) is 8.51. The molecule has 1 saturated carbocycles. The average molecular weight is 390 g/mol. The van der Waals surface area contributed by atoms with E-state index in [2.05, 4.69) is 23.2 Å². The van der Waals surface area contributed by atoms with Crippen molar-refractivity contribution >= 4 is 11.9 Å². The second-order valence-corrected chi connectivity index (χ2v) is 8.51. The Hall–Kier alpha value is -3.07. The maximum absolute atomic E-state index is 12.8. The van der Waals surface area contributed by atoms with Crippen molar-refractivity contribution in [2.45, 2.75) is 63.1 Å². The summed E-state index contributed by atoms with van der Waals surface area (Å²) in [6.07, 6.45) is 5.21. The zero-order valence-corrected chi connectivity index (χ0v) is 16.8. The summed E-state index contributed by atoms with van der Waals surface area (Å²) in [7, 11) is 0. The summed E-state index contributed by atoms with van der Waals surface area (Å²) in [5.74, 6) is 0.603. The van der Waals surface area contributed by atoms with Gasteiger partial charge in [-0.1, -0.05) is 30.3 Å². The number of ether oxygens (including phenoxy) is 1. The van der Waals surface area contributed by atoms with Gasteiger partial charge in [0.1, 0.15) is 17.5 Å². The van der Waals surface area contributed by atoms with Gasteiger partial charge in [0.25, 0.3) is 0 Å². The van der Waals surface area contributed by atoms with Gasteiger partial charge >= 0.3 is 6.09 Å². The van der Waals surface area contributed by atoms with Crippen LogP contribution in [0.5, 0.6) is 0 Å². The fraction of sp³-hybridized carbons (Fsp3) is 0.435. The van der Waals surface area contributed by atoms with Gasteiger partial charge < -0.3 is 10.5 Å². The predicted molar refractivity (Wildman–Crippen MR) is 110 cm³/mol. The number of pyridine rings is 1. The van der Waals surface area contributed by atoms with Gasteiger partial charge in [0.15, 0.2) is 0 Å². The number of hydrogen-bond donors (Lipinski definition) is 1. The fourth-order valence-corrected chi connectivity index (χ4v) is 4.82. The van der Waals surface area contributed by atoms with Crippen LogP contribution in [0.3, 0.4) is 0 Å². The predicted octanol–water partition coefficient (Wildman–Crippen LogP) is 4.53. The van der Waals surface area contributed by atoms with E-state index >= 15 is 0 Å². The summed E-state index contributed by atoms with van der Waals surface area (Å²) in [6, 6.07) is 14.1. The number of nitriles is 1. The Balaban J connectivity index is 1.53. The molecule has 1 amide bonds. The number of anilines is 1. The Bertz CT molecular complexity index is 943. The molecule has 29 heavy (non-hydrogen) atoms. The summed E-state index contributed by atoms with van der Waals surface area (Å²) in [5, 5.41) is 9.21. The molecule has 2 heterocycles. The number of aromatic nitrogens is 1. The molecule has 1 aliphatic heterocycles. The molecule has 0 unspecified atom stereocenters. The topological polar surface area (TPSA) is 92.2 Å². The van der Waals surface area contributed by atoms with Gasteiger partial charge in [-0.2, -0.15) is 5.26 Å². The van der Waals surface area contributed by atoms with Gasteiger partial charge in [-0.05, 0) is 62.6 Å². The maximum Gasteiger partial charge on any atom is 0.411 e. The number of benzene rings is 1. The number of rotatable bonds is 3. The molecule has 0 bridgehead atoms. The van der Waals surface area contributed by atoms with E-state index in [4.69, 9.17) is 10.5 Å². The molecule has 2 fully saturated rings. The molecule has 4 rings (SSSR count). The lowest BCUT2D eigenvalue weighted by Crippen LogP contribution is -2.42. The number of hydrogen-bond acceptors (Lipinski definition) is 5. The first-order valence-electron chi connectivity index (χ1n) is 10.1. The fourth-order valence-electron chi connectivity index (χ4n) is 4.82. The Morgan fingerprint density at radius 1 is 1.17 bits per heavy atom. The van der Waals surface area contributed by atoms with Gasteiger partial charge in [-0.25, -0.2) is 9.78 Å². The highest BCUT2D eigenvalue weighted by Crippen LogP contribution is 2.46. The summed E-state index contributed by atoms with van der Waals surface area (Å²) in [6.45, 7) is 3.97. The summed E-state index contributed by atoms with van der Waals surface area (Å²) in [4.78, 5) is 18.9. The van der Waals surface area contributed by atoms with Crippen LogP contribution in [0.25, 0.3) is 0 Å². The van der Waals surface area contributed by atoms with E-state index in [1.54, 1.807) is 6.20 Å². The van der Waals surface area contributed by atoms with E-state index < -0.39 is 5.60 Å². The monoisotopic (exact) mass is 390 g/mol. The molecule has 0 radical (unpaired) electrons. The van der Waals surface area contributed by atoms with Crippen LogP contribution in [0.4, 0.5) is 10.6 Å². The standard InChI is InChI=1S/C23H26N4O2/c1-23(2)20(16-6-4-3-5-7-16)27(22(28)29-23)19-10-8-15(9-11-19)18-12-17(13-24)21(25)26-14-18/h3-7,12,14-15,19-20H,8-11H2,1-2H3,(H2,25,26)/t15?,19?,20-/m0/s1. The molecule has 1 aromatic carbocycles. The Kier molecular flexibility index (Phi) is 4.91. The molecule has 6 nitrogen and oxygen atoms in total. The van der Waals surface area contributed by atoms with Crippen LogP contribution in [0.2, 0.25) is 0 Å². The number of carbonyl (C=O) groups excluding carboxylic acids is 1. The van der Waals surface area contributed by atoms with Crippen molar-refractivity contribution < 1.29 is 9.53 Å². The highest BCUT2D eigenvalue weighted by Gasteiger charge is 2.51. The Morgan fingerprint density at radius 3 is 2.52 bits per heavy atom. The second kappa shape index (κ2) is 7.40. The zero-order valence-electron chi connectivity index (χ0n) is 16.8. The van der Waals surface area contributed by atoms with Crippen molar-refractivity contribution in [3.05, 3.63) is 59.3 Å². The molecule has 2 aliphatic rings. The highest BCUT2D eigenvalue weighted by molar-refractivity contribution is 5.72. The van der Waals surface area contributed by atoms with Crippen molar-refractivity contribution in [3.63, 3.8) is 0 Å². The van der Waals surface area contributed by atoms with E-state index in [0.717, 1.165) is 36.8 Å². The smallest absolute Gasteiger partial charge is 0.411 e. The lowest BCUT2D eigenvalue weighted by atomic mass is 9.80. The number of nitrogens with two attached hydrogens (primary N) is 1. The number of nitrogen functional groups attached to an aromatic ring is 1. The van der Waals surface area contributed by atoms with Crippen LogP contribution in [-0.4, -0.2) is 27.6 Å². The Morgan fingerprint density at radius 2 is 1.86 bits per heavy atom. The summed E-state index contributed by atoms with van der Waals surface area (Å²) < 4.78 is 5.76. The lowest BCUT2D eigenvalue weighted by molar-refractivity contribution is 0.0664. The first-order valence-corrected chi connectivity index (χ1v) is 10.1. The molecule has 1 saturated heterocycles. The normalized spacial score (nSPS) is 26.0. The molecule has 0 spiro atoms. The third-order valence-corrected chi connectivity index (χ3v) is 6.23. The quantitative estimate of drug-likeness (QED) is 0.831. The maximum atomic E-state index is 12.8. The summed E-state index contributed by atoms with van der Waals surface area (Å²) >= 11 is 0. The SMILES string of the molecule is CC1(C)OC(=O)N(C2CCC(c3cnc(N)c(C#N)c3)CC2)[C@H]1c1ccccc1. The third-order valence-electron chi connectivity index (χ3n) is 6.23. The molecular formula is C23H26N4O2. The minimum atomic E-state index is -0.572. The minimum absolute atomic E-state index is 0.0962. The third kappa shape index (κ3) is 3.53. The van der Waals surface area contributed by atoms with Crippen LogP contribution in [0, 0.1) is 11.3 Å². The van der Waals surface area contributed by atoms with Crippen LogP contribution in [-0.2, 0) is 4.74 Å². The molecule has 1 aromatic heterocycles. The van der Waals surface area contributed by atoms with Crippen LogP contribution in [0.15, 0.2) is 42.6 Å². The number of cyclic esters (lactones) is 1. The van der Waals surface area contributed by atoms with Gasteiger partial charge in [0, 0.05) is 12.2 Å². The average Bonchev–Trinajstić information content (AvgIpc) is 2.97. The van der Waals surface area contributed by atoms with Crippen LogP contribution < -0.4 is 5.73 Å². The number of carbonyl (C=O) groups is 1. The van der Waals surface area contributed by atoms with Crippen molar-refractivity contribution in [3.8, 4) is 6.07 Å². The molecule has 2 N–H and O–H groups in total. The molecular weight excluding hydrogens is 364 g/mol. The van der Waals surface area contributed by atoms with Crippen LogP contribution in [0.1, 0.15) is 68.2 Å². The van der Waals surface area contributed by atoms with Gasteiger partial charge in [-0.15, -0.1) is 0 Å². The number of nitrogens with zero attached hydrogens (tertiary/aromatic N) is 3. The van der Waals surface area contributed by atoms with Crippen molar-refractivity contribution in [2.75, 3.05) is 5.73 Å². The lowest BCUT2D eigenvalue weighted by Gasteiger charge is -2.38. The van der Waals surface area contributed by atoms with E-state index in [1.165, 1.54) is 0 Å². The molecule has 150 valence electrons. The van der Waals surface area contributed by atoms with Crippen molar-refractivity contribution in [1.29, 1.82) is 5.26 Å². The first-order chi connectivity index (χ1) is 13.9.